The molecule has 0 saturated carbocycles. The number of unbranched alkanes of at least 4 members (excludes halogenated alkanes) is 2. The van der Waals surface area contributed by atoms with Gasteiger partial charge in [-0.2, -0.15) is 0 Å². The molecule has 12 nitrogen and oxygen atoms in total. The molecular formula is C39H43FN6O6S. The fourth-order valence-electron chi connectivity index (χ4n) is 6.08. The molecule has 1 aliphatic heterocycles. The number of aryl methyl sites for hydroxylation is 1. The Morgan fingerprint density at radius 2 is 1.77 bits per heavy atom. The van der Waals surface area contributed by atoms with Gasteiger partial charge in [-0.1, -0.05) is 55.1 Å². The van der Waals surface area contributed by atoms with Gasteiger partial charge >= 0.3 is 5.97 Å². The van der Waals surface area contributed by atoms with E-state index >= 15 is 0 Å². The Bertz CT molecular complexity index is 2120. The van der Waals surface area contributed by atoms with Crippen LogP contribution in [0.2, 0.25) is 0 Å². The van der Waals surface area contributed by atoms with Crippen molar-refractivity contribution in [2.24, 2.45) is 0 Å². The zero-order chi connectivity index (χ0) is 38.1. The van der Waals surface area contributed by atoms with Gasteiger partial charge in [-0.25, -0.2) is 9.48 Å². The zero-order valence-electron chi connectivity index (χ0n) is 29.7. The lowest BCUT2D eigenvalue weighted by Crippen LogP contribution is -2.49. The van der Waals surface area contributed by atoms with Crippen molar-refractivity contribution < 1.29 is 33.7 Å². The van der Waals surface area contributed by atoms with Crippen molar-refractivity contribution in [2.75, 3.05) is 12.0 Å². The highest BCUT2D eigenvalue weighted by molar-refractivity contribution is 7.80. The molecule has 5 rings (SSSR count). The minimum Gasteiger partial charge on any atom is -0.508 e. The van der Waals surface area contributed by atoms with Gasteiger partial charge < -0.3 is 30.9 Å². The fraction of sp³-hybridized carbons (Fsp3) is 0.333. The highest BCUT2D eigenvalue weighted by atomic mass is 32.1. The average molecular weight is 743 g/mol. The molecule has 2 heterocycles. The van der Waals surface area contributed by atoms with Gasteiger partial charge in [0.15, 0.2) is 0 Å². The first-order chi connectivity index (χ1) is 25.4. The standard InChI is InChI=1S/C39H43FN6O6S/c1-23(2)41-38(49)32(43-35(48)22-46-21-26(44-45-46)8-7-17-40)9-5-4-6-10-36(53)42-25-12-15-28(31(19-25)39(50)51)37-29-14-11-24(3)18-33(29)52-34-20-27(47)13-16-30(34)37/h11-16,18-21,23,32,47H,3-10,17,22H2,1-2H3,(H,41,49)(H,42,53)(H,43,48)(H,50,51). The van der Waals surface area contributed by atoms with Gasteiger partial charge in [-0.3, -0.25) is 14.0 Å². The van der Waals surface area contributed by atoms with Crippen LogP contribution in [0.1, 0.15) is 79.6 Å². The number of thiocarbonyl (C=S) groups is 1. The number of carboxylic acid groups (broad SMARTS) is 1. The highest BCUT2D eigenvalue weighted by Gasteiger charge is 2.25. The van der Waals surface area contributed by atoms with Crippen LogP contribution >= 0.6 is 12.2 Å². The molecule has 14 heteroatoms. The van der Waals surface area contributed by atoms with Gasteiger partial charge in [0.1, 0.15) is 29.8 Å². The Morgan fingerprint density at radius 3 is 2.53 bits per heavy atom. The van der Waals surface area contributed by atoms with E-state index in [1.807, 2.05) is 26.0 Å². The molecule has 3 aromatic carbocycles. The number of aromatic nitrogens is 3. The van der Waals surface area contributed by atoms with E-state index in [9.17, 15) is 29.0 Å². The van der Waals surface area contributed by atoms with Gasteiger partial charge in [-0.05, 0) is 87.1 Å². The third kappa shape index (κ3) is 10.3. The fourth-order valence-corrected chi connectivity index (χ4v) is 6.35. The smallest absolute Gasteiger partial charge is 0.336 e. The second-order valence-corrected chi connectivity index (χ2v) is 13.7. The Hall–Kier alpha value is -5.63. The topological polar surface area (TPSA) is 168 Å². The Morgan fingerprint density at radius 1 is 0.981 bits per heavy atom. The van der Waals surface area contributed by atoms with Gasteiger partial charge in [0.25, 0.3) is 0 Å². The summed E-state index contributed by atoms with van der Waals surface area (Å²) < 4.78 is 19.9. The van der Waals surface area contributed by atoms with Crippen LogP contribution < -0.4 is 31.1 Å². The molecule has 1 unspecified atom stereocenters. The van der Waals surface area contributed by atoms with Crippen LogP contribution in [-0.4, -0.2) is 66.7 Å². The van der Waals surface area contributed by atoms with Crippen molar-refractivity contribution in [3.8, 4) is 17.2 Å². The summed E-state index contributed by atoms with van der Waals surface area (Å²) in [6.07, 6.45) is 5.38. The summed E-state index contributed by atoms with van der Waals surface area (Å²) in [4.78, 5) is 38.8. The van der Waals surface area contributed by atoms with E-state index in [4.69, 9.17) is 17.0 Å². The van der Waals surface area contributed by atoms with Gasteiger partial charge in [-0.15, -0.1) is 5.10 Å². The molecule has 0 bridgehead atoms. The summed E-state index contributed by atoms with van der Waals surface area (Å²) in [5.74, 6) is -0.850. The molecule has 1 aliphatic rings. The van der Waals surface area contributed by atoms with Crippen LogP contribution in [0.3, 0.4) is 0 Å². The highest BCUT2D eigenvalue weighted by Crippen LogP contribution is 2.39. The maximum atomic E-state index is 12.9. The second kappa shape index (κ2) is 17.7. The average Bonchev–Trinajstić information content (AvgIpc) is 3.55. The number of aromatic carboxylic acids is 1. The van der Waals surface area contributed by atoms with Crippen LogP contribution in [-0.2, 0) is 22.6 Å². The van der Waals surface area contributed by atoms with Gasteiger partial charge in [0.2, 0.25) is 11.8 Å². The van der Waals surface area contributed by atoms with Crippen molar-refractivity contribution in [3.63, 3.8) is 0 Å². The van der Waals surface area contributed by atoms with Crippen molar-refractivity contribution in [1.29, 1.82) is 0 Å². The van der Waals surface area contributed by atoms with Crippen molar-refractivity contribution in [3.05, 3.63) is 93.6 Å². The number of carbonyl (C=O) groups is 3. The quantitative estimate of drug-likeness (QED) is 0.0663. The summed E-state index contributed by atoms with van der Waals surface area (Å²) in [6.45, 7) is 7.09. The molecular weight excluding hydrogens is 700 g/mol. The number of carbonyl (C=O) groups excluding carboxylic acids is 2. The molecule has 0 aliphatic carbocycles. The minimum atomic E-state index is -1.12. The number of aromatic hydroxyl groups is 1. The summed E-state index contributed by atoms with van der Waals surface area (Å²) in [7, 11) is 0. The van der Waals surface area contributed by atoms with E-state index in [-0.39, 0.29) is 35.7 Å². The first-order valence-corrected chi connectivity index (χ1v) is 17.9. The predicted molar refractivity (Wildman–Crippen MR) is 203 cm³/mol. The molecule has 0 saturated heterocycles. The van der Waals surface area contributed by atoms with E-state index in [0.717, 1.165) is 11.6 Å². The number of halogens is 1. The van der Waals surface area contributed by atoms with Crippen molar-refractivity contribution in [2.45, 2.75) is 77.4 Å². The number of amides is 2. The monoisotopic (exact) mass is 742 g/mol. The summed E-state index contributed by atoms with van der Waals surface area (Å²) in [6, 6.07) is 14.4. The summed E-state index contributed by atoms with van der Waals surface area (Å²) in [5, 5.41) is 38.6. The second-order valence-electron chi connectivity index (χ2n) is 13.2. The van der Waals surface area contributed by atoms with Crippen LogP contribution in [0, 0.1) is 0 Å². The Labute approximate surface area is 311 Å². The molecule has 1 aromatic heterocycles. The molecule has 53 heavy (non-hydrogen) atoms. The Balaban J connectivity index is 1.19. The van der Waals surface area contributed by atoms with Crippen LogP contribution in [0.5, 0.6) is 17.2 Å². The molecule has 278 valence electrons. The molecule has 4 aromatic rings. The number of hydrogen-bond donors (Lipinski definition) is 5. The number of hydrogen-bond acceptors (Lipinski definition) is 8. The van der Waals surface area contributed by atoms with Crippen molar-refractivity contribution >= 4 is 52.8 Å². The third-order valence-electron chi connectivity index (χ3n) is 8.51. The van der Waals surface area contributed by atoms with Gasteiger partial charge in [0, 0.05) is 40.3 Å². The molecule has 2 amide bonds. The number of fused-ring (bicyclic) bond motifs is 2. The van der Waals surface area contributed by atoms with Crippen LogP contribution in [0.4, 0.5) is 10.1 Å². The number of nitrogens with zero attached hydrogens (tertiary/aromatic N) is 3. The normalized spacial score (nSPS) is 12.3. The lowest BCUT2D eigenvalue weighted by molar-refractivity contribution is -0.129. The third-order valence-corrected chi connectivity index (χ3v) is 8.82. The maximum Gasteiger partial charge on any atom is 0.336 e. The van der Waals surface area contributed by atoms with Crippen LogP contribution in [0.25, 0.3) is 12.2 Å². The molecule has 5 N–H and O–H groups in total. The lowest BCUT2D eigenvalue weighted by Gasteiger charge is -2.22. The molecule has 1 atom stereocenters. The minimum absolute atomic E-state index is 0.0218. The number of ether oxygens (including phenoxy) is 1. The summed E-state index contributed by atoms with van der Waals surface area (Å²) >= 11 is 5.60. The number of anilines is 1. The zero-order valence-corrected chi connectivity index (χ0v) is 30.5. The van der Waals surface area contributed by atoms with Gasteiger partial charge in [0.05, 0.1) is 22.9 Å². The van der Waals surface area contributed by atoms with E-state index in [1.54, 1.807) is 36.5 Å². The first-order valence-electron chi connectivity index (χ1n) is 17.5. The SMILES string of the molecule is C=c1ccc2c(c1)Oc1cc(O)ccc1C=2c1ccc(NC(=S)CCCCCC(NC(=O)Cn2cc(CCCF)nn2)C(=O)NC(C)C)cc1C(=O)O. The van der Waals surface area contributed by atoms with E-state index in [2.05, 4.69) is 32.8 Å². The van der Waals surface area contributed by atoms with Crippen molar-refractivity contribution in [1.82, 2.24) is 25.6 Å². The number of rotatable bonds is 17. The number of benzene rings is 3. The largest absolute Gasteiger partial charge is 0.508 e. The number of alkyl halides is 1. The van der Waals surface area contributed by atoms with E-state index < -0.39 is 18.7 Å². The lowest BCUT2D eigenvalue weighted by atomic mass is 9.89. The molecule has 0 radical (unpaired) electrons. The number of phenolic OH excluding ortho intramolecular Hbond substituents is 1. The number of carboxylic acids is 1. The van der Waals surface area contributed by atoms with E-state index in [1.165, 1.54) is 16.8 Å². The number of nitrogens with one attached hydrogen (secondary N) is 3. The molecule has 0 spiro atoms. The maximum absolute atomic E-state index is 12.9. The predicted octanol–water partition coefficient (Wildman–Crippen LogP) is 4.75. The Kier molecular flexibility index (Phi) is 12.9. The van der Waals surface area contributed by atoms with Crippen LogP contribution in [0.15, 0.2) is 60.8 Å². The molecule has 0 fully saturated rings. The number of phenols is 1. The first kappa shape index (κ1) is 38.6. The van der Waals surface area contributed by atoms with E-state index in [0.29, 0.717) is 88.3 Å². The summed E-state index contributed by atoms with van der Waals surface area (Å²) in [5.41, 5.74) is 2.96.